The Morgan fingerprint density at radius 3 is 2.44 bits per heavy atom. The molecule has 0 atom stereocenters. The van der Waals surface area contributed by atoms with Crippen LogP contribution in [0.25, 0.3) is 0 Å². The van der Waals surface area contributed by atoms with E-state index in [0.29, 0.717) is 24.9 Å². The van der Waals surface area contributed by atoms with Gasteiger partial charge in [-0.25, -0.2) is 0 Å². The maximum Gasteiger partial charge on any atom is 0.303 e. The predicted molar refractivity (Wildman–Crippen MR) is 69.1 cm³/mol. The van der Waals surface area contributed by atoms with E-state index < -0.39 is 5.97 Å². The van der Waals surface area contributed by atoms with Crippen molar-refractivity contribution in [3.63, 3.8) is 0 Å². The Kier molecular flexibility index (Phi) is 5.46. The van der Waals surface area contributed by atoms with Gasteiger partial charge in [-0.3, -0.25) is 9.59 Å². The van der Waals surface area contributed by atoms with Crippen LogP contribution in [-0.4, -0.2) is 17.0 Å². The van der Waals surface area contributed by atoms with Gasteiger partial charge in [0.2, 0.25) is 5.91 Å². The van der Waals surface area contributed by atoms with Gasteiger partial charge in [0.25, 0.3) is 0 Å². The summed E-state index contributed by atoms with van der Waals surface area (Å²) in [6.07, 6.45) is 6.38. The molecule has 0 aliphatic heterocycles. The highest BCUT2D eigenvalue weighted by molar-refractivity contribution is 5.90. The second kappa shape index (κ2) is 7.13. The van der Waals surface area contributed by atoms with E-state index in [1.54, 1.807) is 24.3 Å². The fraction of sp³-hybridized carbons (Fsp3) is 0.286. The first-order valence-electron chi connectivity index (χ1n) is 5.66. The number of hydrogen-bond donors (Lipinski definition) is 2. The molecule has 0 saturated heterocycles. The minimum Gasteiger partial charge on any atom is -0.481 e. The third kappa shape index (κ3) is 5.17. The van der Waals surface area contributed by atoms with E-state index in [2.05, 4.69) is 11.2 Å². The minimum absolute atomic E-state index is 0.105. The molecule has 0 fully saturated rings. The van der Waals surface area contributed by atoms with Crippen LogP contribution in [0.3, 0.4) is 0 Å². The minimum atomic E-state index is -0.818. The molecule has 0 aliphatic rings. The van der Waals surface area contributed by atoms with Crippen molar-refractivity contribution >= 4 is 17.6 Å². The van der Waals surface area contributed by atoms with Crippen molar-refractivity contribution in [3.8, 4) is 12.3 Å². The zero-order valence-corrected chi connectivity index (χ0v) is 9.98. The molecule has 2 N–H and O–H groups in total. The van der Waals surface area contributed by atoms with Crippen molar-refractivity contribution in [1.82, 2.24) is 0 Å². The van der Waals surface area contributed by atoms with Crippen molar-refractivity contribution in [2.45, 2.75) is 25.7 Å². The maximum atomic E-state index is 11.4. The Morgan fingerprint density at radius 1 is 1.22 bits per heavy atom. The molecule has 18 heavy (non-hydrogen) atoms. The maximum absolute atomic E-state index is 11.4. The molecule has 0 spiro atoms. The molecule has 0 aromatic heterocycles. The number of aryl methyl sites for hydroxylation is 1. The molecular weight excluding hydrogens is 230 g/mol. The van der Waals surface area contributed by atoms with Crippen LogP contribution in [0.1, 0.15) is 24.8 Å². The van der Waals surface area contributed by atoms with Crippen molar-refractivity contribution in [2.24, 2.45) is 0 Å². The molecule has 0 saturated carbocycles. The number of nitrogens with one attached hydrogen (secondary N) is 1. The highest BCUT2D eigenvalue weighted by Gasteiger charge is 2.02. The fourth-order valence-electron chi connectivity index (χ4n) is 1.42. The first-order chi connectivity index (χ1) is 8.61. The number of rotatable bonds is 6. The second-order valence-corrected chi connectivity index (χ2v) is 3.84. The SMILES string of the molecule is C#CCCC(=O)Nc1ccc(CCC(=O)O)cc1. The van der Waals surface area contributed by atoms with Gasteiger partial charge < -0.3 is 10.4 Å². The number of hydrogen-bond acceptors (Lipinski definition) is 2. The lowest BCUT2D eigenvalue weighted by molar-refractivity contribution is -0.137. The van der Waals surface area contributed by atoms with Gasteiger partial charge in [0.1, 0.15) is 0 Å². The smallest absolute Gasteiger partial charge is 0.303 e. The lowest BCUT2D eigenvalue weighted by Crippen LogP contribution is -2.10. The number of terminal acetylenes is 1. The number of carboxylic acid groups (broad SMARTS) is 1. The molecule has 1 aromatic carbocycles. The van der Waals surface area contributed by atoms with E-state index in [4.69, 9.17) is 11.5 Å². The van der Waals surface area contributed by atoms with Gasteiger partial charge in [-0.1, -0.05) is 12.1 Å². The average molecular weight is 245 g/mol. The van der Waals surface area contributed by atoms with Crippen molar-refractivity contribution in [2.75, 3.05) is 5.32 Å². The molecule has 4 nitrogen and oxygen atoms in total. The number of aliphatic carboxylic acids is 1. The number of carbonyl (C=O) groups excluding carboxylic acids is 1. The van der Waals surface area contributed by atoms with E-state index >= 15 is 0 Å². The third-order valence-electron chi connectivity index (χ3n) is 2.36. The molecule has 0 heterocycles. The van der Waals surface area contributed by atoms with Crippen LogP contribution < -0.4 is 5.32 Å². The zero-order valence-electron chi connectivity index (χ0n) is 9.98. The van der Waals surface area contributed by atoms with Crippen LogP contribution in [0.4, 0.5) is 5.69 Å². The van der Waals surface area contributed by atoms with Crippen LogP contribution in [0, 0.1) is 12.3 Å². The Balaban J connectivity index is 2.47. The van der Waals surface area contributed by atoms with E-state index in [9.17, 15) is 9.59 Å². The summed E-state index contributed by atoms with van der Waals surface area (Å²) in [7, 11) is 0. The normalized spacial score (nSPS) is 9.50. The van der Waals surface area contributed by atoms with E-state index in [1.165, 1.54) is 0 Å². The van der Waals surface area contributed by atoms with Gasteiger partial charge in [-0.2, -0.15) is 0 Å². The number of carbonyl (C=O) groups is 2. The summed E-state index contributed by atoms with van der Waals surface area (Å²) < 4.78 is 0. The Morgan fingerprint density at radius 2 is 1.89 bits per heavy atom. The molecule has 0 aliphatic carbocycles. The number of anilines is 1. The van der Waals surface area contributed by atoms with Gasteiger partial charge in [-0.15, -0.1) is 12.3 Å². The summed E-state index contributed by atoms with van der Waals surface area (Å²) in [6.45, 7) is 0. The largest absolute Gasteiger partial charge is 0.481 e. The van der Waals surface area contributed by atoms with Crippen LogP contribution in [0.5, 0.6) is 0 Å². The molecular formula is C14H15NO3. The highest BCUT2D eigenvalue weighted by Crippen LogP contribution is 2.11. The lowest BCUT2D eigenvalue weighted by atomic mass is 10.1. The Labute approximate surface area is 106 Å². The standard InChI is InChI=1S/C14H15NO3/c1-2-3-4-13(16)15-12-8-5-11(6-9-12)7-10-14(17)18/h1,5-6,8-9H,3-4,7,10H2,(H,15,16)(H,17,18). The summed E-state index contributed by atoms with van der Waals surface area (Å²) in [5.74, 6) is 1.47. The zero-order chi connectivity index (χ0) is 13.4. The van der Waals surface area contributed by atoms with Crippen molar-refractivity contribution in [3.05, 3.63) is 29.8 Å². The predicted octanol–water partition coefficient (Wildman–Crippen LogP) is 2.06. The summed E-state index contributed by atoms with van der Waals surface area (Å²) in [6, 6.07) is 7.12. The molecule has 94 valence electrons. The molecule has 1 aromatic rings. The van der Waals surface area contributed by atoms with Gasteiger partial charge in [0.15, 0.2) is 0 Å². The number of benzene rings is 1. The molecule has 1 amide bonds. The van der Waals surface area contributed by atoms with Crippen molar-refractivity contribution in [1.29, 1.82) is 0 Å². The van der Waals surface area contributed by atoms with Crippen molar-refractivity contribution < 1.29 is 14.7 Å². The summed E-state index contributed by atoms with van der Waals surface area (Å²) >= 11 is 0. The summed E-state index contributed by atoms with van der Waals surface area (Å²) in [4.78, 5) is 21.8. The third-order valence-corrected chi connectivity index (χ3v) is 2.36. The summed E-state index contributed by atoms with van der Waals surface area (Å²) in [5, 5.41) is 11.3. The molecule has 4 heteroatoms. The Bertz CT molecular complexity index is 457. The van der Waals surface area contributed by atoms with Gasteiger partial charge in [-0.05, 0) is 24.1 Å². The molecule has 0 bridgehead atoms. The van der Waals surface area contributed by atoms with E-state index in [0.717, 1.165) is 5.56 Å². The van der Waals surface area contributed by atoms with Crippen LogP contribution in [-0.2, 0) is 16.0 Å². The van der Waals surface area contributed by atoms with Crippen LogP contribution in [0.2, 0.25) is 0 Å². The number of carboxylic acids is 1. The van der Waals surface area contributed by atoms with Crippen LogP contribution >= 0.6 is 0 Å². The van der Waals surface area contributed by atoms with Gasteiger partial charge in [0, 0.05) is 24.9 Å². The Hall–Kier alpha value is -2.28. The molecule has 1 rings (SSSR count). The molecule has 0 radical (unpaired) electrons. The monoisotopic (exact) mass is 245 g/mol. The molecule has 0 unspecified atom stereocenters. The topological polar surface area (TPSA) is 66.4 Å². The quantitative estimate of drug-likeness (QED) is 0.754. The van der Waals surface area contributed by atoms with E-state index in [1.807, 2.05) is 0 Å². The first-order valence-corrected chi connectivity index (χ1v) is 5.66. The van der Waals surface area contributed by atoms with E-state index in [-0.39, 0.29) is 12.3 Å². The average Bonchev–Trinajstić information content (AvgIpc) is 2.35. The van der Waals surface area contributed by atoms with Crippen LogP contribution in [0.15, 0.2) is 24.3 Å². The summed E-state index contributed by atoms with van der Waals surface area (Å²) in [5.41, 5.74) is 1.62. The number of amides is 1. The fourth-order valence-corrected chi connectivity index (χ4v) is 1.42. The first kappa shape index (κ1) is 13.8. The second-order valence-electron chi connectivity index (χ2n) is 3.84. The lowest BCUT2D eigenvalue weighted by Gasteiger charge is -2.05. The van der Waals surface area contributed by atoms with Gasteiger partial charge >= 0.3 is 5.97 Å². The van der Waals surface area contributed by atoms with Gasteiger partial charge in [0.05, 0.1) is 0 Å². The highest BCUT2D eigenvalue weighted by atomic mass is 16.4.